The molecule has 2 aromatic rings. The lowest BCUT2D eigenvalue weighted by atomic mass is 10.3. The molecule has 0 bridgehead atoms. The molecule has 0 radical (unpaired) electrons. The Labute approximate surface area is 115 Å². The van der Waals surface area contributed by atoms with Crippen molar-refractivity contribution >= 4 is 17.2 Å². The van der Waals surface area contributed by atoms with Crippen LogP contribution in [-0.2, 0) is 7.05 Å². The van der Waals surface area contributed by atoms with Gasteiger partial charge in [0.1, 0.15) is 5.69 Å². The molecule has 0 amide bonds. The fraction of sp³-hybridized carbons (Fsp3) is 0.250. The molecule has 0 saturated heterocycles. The molecule has 0 aliphatic heterocycles. The lowest BCUT2D eigenvalue weighted by Gasteiger charge is -2.02. The molecular weight excluding hydrogens is 260 g/mol. The summed E-state index contributed by atoms with van der Waals surface area (Å²) < 4.78 is 1.39. The van der Waals surface area contributed by atoms with Crippen molar-refractivity contribution in [1.29, 1.82) is 0 Å². The smallest absolute Gasteiger partial charge is 0.258 e. The Balaban J connectivity index is 2.30. The van der Waals surface area contributed by atoms with Crippen LogP contribution in [0.25, 0.3) is 0 Å². The van der Waals surface area contributed by atoms with Gasteiger partial charge in [-0.05, 0) is 26.0 Å². The summed E-state index contributed by atoms with van der Waals surface area (Å²) in [6.45, 7) is 3.35. The van der Waals surface area contributed by atoms with E-state index in [9.17, 15) is 10.1 Å². The molecule has 0 atom stereocenters. The first-order valence-electron chi connectivity index (χ1n) is 5.90. The molecule has 0 aliphatic carbocycles. The number of rotatable bonds is 4. The van der Waals surface area contributed by atoms with Crippen LogP contribution < -0.4 is 5.43 Å². The van der Waals surface area contributed by atoms with Gasteiger partial charge in [0.25, 0.3) is 0 Å². The van der Waals surface area contributed by atoms with E-state index >= 15 is 0 Å². The molecule has 0 aromatic carbocycles. The van der Waals surface area contributed by atoms with Gasteiger partial charge in [-0.25, -0.2) is 4.68 Å². The van der Waals surface area contributed by atoms with E-state index in [1.165, 1.54) is 4.68 Å². The number of nitrogens with one attached hydrogen (secondary N) is 1. The number of nitrogens with zero attached hydrogens (tertiary/aromatic N) is 5. The monoisotopic (exact) mass is 274 g/mol. The Morgan fingerprint density at radius 3 is 2.85 bits per heavy atom. The predicted molar refractivity (Wildman–Crippen MR) is 74.7 cm³/mol. The topological polar surface area (TPSA) is 98.2 Å². The summed E-state index contributed by atoms with van der Waals surface area (Å²) in [5, 5.41) is 19.2. The first kappa shape index (κ1) is 13.7. The van der Waals surface area contributed by atoms with E-state index in [1.54, 1.807) is 33.2 Å². The zero-order chi connectivity index (χ0) is 14.7. The standard InChI is InChI=1S/C12H14N6O2/c1-8(10-6-4-5-7-13-10)14-15-12-11(18(19)20)9(2)16-17(12)3/h4-7,15H,1-3H3/b14-8+. The number of anilines is 1. The van der Waals surface area contributed by atoms with Gasteiger partial charge in [-0.3, -0.25) is 20.5 Å². The molecule has 0 spiro atoms. The zero-order valence-corrected chi connectivity index (χ0v) is 11.4. The SMILES string of the molecule is C/C(=N\Nc1c([N+](=O)[O-])c(C)nn1C)c1ccccn1. The third kappa shape index (κ3) is 2.63. The van der Waals surface area contributed by atoms with E-state index in [-0.39, 0.29) is 11.5 Å². The lowest BCUT2D eigenvalue weighted by molar-refractivity contribution is -0.384. The third-order valence-corrected chi connectivity index (χ3v) is 2.74. The summed E-state index contributed by atoms with van der Waals surface area (Å²) in [4.78, 5) is 14.7. The predicted octanol–water partition coefficient (Wildman–Crippen LogP) is 1.87. The minimum atomic E-state index is -0.476. The summed E-state index contributed by atoms with van der Waals surface area (Å²) >= 11 is 0. The van der Waals surface area contributed by atoms with Crippen molar-refractivity contribution < 1.29 is 4.92 Å². The average molecular weight is 274 g/mol. The van der Waals surface area contributed by atoms with Gasteiger partial charge in [-0.2, -0.15) is 10.2 Å². The number of aromatic nitrogens is 3. The molecule has 0 fully saturated rings. The maximum atomic E-state index is 11.0. The van der Waals surface area contributed by atoms with E-state index in [1.807, 2.05) is 12.1 Å². The van der Waals surface area contributed by atoms with E-state index in [0.717, 1.165) is 0 Å². The quantitative estimate of drug-likeness (QED) is 0.521. The molecule has 8 heteroatoms. The van der Waals surface area contributed by atoms with Crippen molar-refractivity contribution in [3.63, 3.8) is 0 Å². The minimum Gasteiger partial charge on any atom is -0.258 e. The second kappa shape index (κ2) is 5.47. The molecule has 0 saturated carbocycles. The first-order chi connectivity index (χ1) is 9.50. The maximum Gasteiger partial charge on any atom is 0.335 e. The van der Waals surface area contributed by atoms with Crippen molar-refractivity contribution in [3.8, 4) is 0 Å². The zero-order valence-electron chi connectivity index (χ0n) is 11.4. The summed E-state index contributed by atoms with van der Waals surface area (Å²) in [6, 6.07) is 5.46. The van der Waals surface area contributed by atoms with Gasteiger partial charge in [-0.15, -0.1) is 0 Å². The van der Waals surface area contributed by atoms with Gasteiger partial charge in [-0.1, -0.05) is 6.07 Å². The fourth-order valence-corrected chi connectivity index (χ4v) is 1.76. The lowest BCUT2D eigenvalue weighted by Crippen LogP contribution is -2.05. The molecule has 0 aliphatic rings. The summed E-state index contributed by atoms with van der Waals surface area (Å²) in [5.74, 6) is 0.239. The minimum absolute atomic E-state index is 0.0786. The number of hydrogen-bond donors (Lipinski definition) is 1. The second-order valence-corrected chi connectivity index (χ2v) is 4.19. The van der Waals surface area contributed by atoms with Crippen LogP contribution in [0.5, 0.6) is 0 Å². The summed E-state index contributed by atoms with van der Waals surface area (Å²) in [5.41, 5.74) is 4.27. The van der Waals surface area contributed by atoms with Crippen LogP contribution in [0.2, 0.25) is 0 Å². The van der Waals surface area contributed by atoms with Crippen LogP contribution in [0.15, 0.2) is 29.5 Å². The van der Waals surface area contributed by atoms with Crippen LogP contribution in [-0.4, -0.2) is 25.4 Å². The Morgan fingerprint density at radius 1 is 1.50 bits per heavy atom. The number of nitro groups is 1. The molecule has 2 rings (SSSR count). The summed E-state index contributed by atoms with van der Waals surface area (Å²) in [7, 11) is 1.62. The Bertz CT molecular complexity index is 662. The number of hydrogen-bond acceptors (Lipinski definition) is 6. The Hall–Kier alpha value is -2.77. The van der Waals surface area contributed by atoms with Gasteiger partial charge >= 0.3 is 5.69 Å². The average Bonchev–Trinajstić information content (AvgIpc) is 2.71. The van der Waals surface area contributed by atoms with E-state index in [4.69, 9.17) is 0 Å². The molecule has 104 valence electrons. The van der Waals surface area contributed by atoms with Crippen molar-refractivity contribution in [2.45, 2.75) is 13.8 Å². The molecular formula is C12H14N6O2. The normalized spacial score (nSPS) is 11.4. The maximum absolute atomic E-state index is 11.0. The first-order valence-corrected chi connectivity index (χ1v) is 5.90. The molecule has 1 N–H and O–H groups in total. The van der Waals surface area contributed by atoms with Crippen LogP contribution in [0.3, 0.4) is 0 Å². The highest BCUT2D eigenvalue weighted by Crippen LogP contribution is 2.27. The highest BCUT2D eigenvalue weighted by Gasteiger charge is 2.23. The van der Waals surface area contributed by atoms with Gasteiger partial charge in [0.2, 0.25) is 5.82 Å². The van der Waals surface area contributed by atoms with Crippen molar-refractivity contribution in [1.82, 2.24) is 14.8 Å². The highest BCUT2D eigenvalue weighted by atomic mass is 16.6. The van der Waals surface area contributed by atoms with E-state index in [2.05, 4.69) is 20.6 Å². The largest absolute Gasteiger partial charge is 0.335 e. The van der Waals surface area contributed by atoms with Crippen LogP contribution in [0.4, 0.5) is 11.5 Å². The van der Waals surface area contributed by atoms with Crippen molar-refractivity contribution in [2.24, 2.45) is 12.1 Å². The molecule has 2 aromatic heterocycles. The molecule has 8 nitrogen and oxygen atoms in total. The van der Waals surface area contributed by atoms with Gasteiger partial charge in [0.05, 0.1) is 16.3 Å². The van der Waals surface area contributed by atoms with Crippen molar-refractivity contribution in [3.05, 3.63) is 45.9 Å². The van der Waals surface area contributed by atoms with E-state index < -0.39 is 4.92 Å². The van der Waals surface area contributed by atoms with Gasteiger partial charge < -0.3 is 0 Å². The number of pyridine rings is 1. The number of hydrazone groups is 1. The molecule has 20 heavy (non-hydrogen) atoms. The summed E-state index contributed by atoms with van der Waals surface area (Å²) in [6.07, 6.45) is 1.66. The van der Waals surface area contributed by atoms with Crippen LogP contribution in [0, 0.1) is 17.0 Å². The molecule has 0 unspecified atom stereocenters. The second-order valence-electron chi connectivity index (χ2n) is 4.19. The Kier molecular flexibility index (Phi) is 3.74. The Morgan fingerprint density at radius 2 is 2.25 bits per heavy atom. The third-order valence-electron chi connectivity index (χ3n) is 2.74. The fourth-order valence-electron chi connectivity index (χ4n) is 1.76. The number of aryl methyl sites for hydroxylation is 2. The van der Waals surface area contributed by atoms with Crippen LogP contribution in [0.1, 0.15) is 18.3 Å². The van der Waals surface area contributed by atoms with Crippen molar-refractivity contribution in [2.75, 3.05) is 5.43 Å². The highest BCUT2D eigenvalue weighted by molar-refractivity contribution is 5.97. The van der Waals surface area contributed by atoms with Crippen LogP contribution >= 0.6 is 0 Å². The van der Waals surface area contributed by atoms with E-state index in [0.29, 0.717) is 17.1 Å². The van der Waals surface area contributed by atoms with Gasteiger partial charge in [0, 0.05) is 13.2 Å². The van der Waals surface area contributed by atoms with Gasteiger partial charge in [0.15, 0.2) is 0 Å². The molecule has 2 heterocycles.